The van der Waals surface area contributed by atoms with Crippen molar-refractivity contribution in [3.63, 3.8) is 0 Å². The Hall–Kier alpha value is -3.16. The summed E-state index contributed by atoms with van der Waals surface area (Å²) in [6.45, 7) is 2.08. The first kappa shape index (κ1) is 20.1. The highest BCUT2D eigenvalue weighted by Gasteiger charge is 2.11. The average Bonchev–Trinajstić information content (AvgIpc) is 3.15. The van der Waals surface area contributed by atoms with Crippen molar-refractivity contribution in [1.29, 1.82) is 0 Å². The number of nitro groups is 1. The van der Waals surface area contributed by atoms with Crippen LogP contribution in [-0.4, -0.2) is 16.1 Å². The fraction of sp³-hybridized carbons (Fsp3) is 0.0435. The summed E-state index contributed by atoms with van der Waals surface area (Å²) in [6, 6.07) is 19.2. The van der Waals surface area contributed by atoms with Crippen molar-refractivity contribution >= 4 is 61.1 Å². The predicted molar refractivity (Wildman–Crippen MR) is 128 cm³/mol. The van der Waals surface area contributed by atoms with Crippen LogP contribution in [0.15, 0.2) is 76.2 Å². The fourth-order valence-electron chi connectivity index (χ4n) is 2.90. The molecule has 5 nitrogen and oxygen atoms in total. The number of benzene rings is 3. The SMILES string of the molecule is Cc1ccc2nc(-c3ccc(N=C/C=C/c4ccc(Br)c([N+](=O)[O-])c4)cc3)sc2c1. The summed E-state index contributed by atoms with van der Waals surface area (Å²) in [6.07, 6.45) is 5.21. The molecule has 7 heteroatoms. The highest BCUT2D eigenvalue weighted by Crippen LogP contribution is 2.31. The van der Waals surface area contributed by atoms with Crippen LogP contribution in [-0.2, 0) is 0 Å². The zero-order valence-corrected chi connectivity index (χ0v) is 18.4. The highest BCUT2D eigenvalue weighted by atomic mass is 79.9. The molecule has 0 atom stereocenters. The van der Waals surface area contributed by atoms with Crippen LogP contribution in [0.1, 0.15) is 11.1 Å². The van der Waals surface area contributed by atoms with Crippen LogP contribution in [0.25, 0.3) is 26.9 Å². The molecule has 0 amide bonds. The molecule has 0 saturated heterocycles. The van der Waals surface area contributed by atoms with Gasteiger partial charge in [-0.05, 0) is 82.5 Å². The van der Waals surface area contributed by atoms with Crippen molar-refractivity contribution in [2.24, 2.45) is 4.99 Å². The standard InChI is InChI=1S/C23H16BrN3O2S/c1-15-4-11-20-22(13-15)30-23(26-20)17-6-8-18(9-7-17)25-12-2-3-16-5-10-19(24)21(14-16)27(28)29/h2-14H,1H3/b3-2+,25-12?. The average molecular weight is 478 g/mol. The minimum atomic E-state index is -0.413. The van der Waals surface area contributed by atoms with Gasteiger partial charge in [0.1, 0.15) is 5.01 Å². The molecule has 0 bridgehead atoms. The highest BCUT2D eigenvalue weighted by molar-refractivity contribution is 9.10. The summed E-state index contributed by atoms with van der Waals surface area (Å²) in [4.78, 5) is 19.7. The van der Waals surface area contributed by atoms with Gasteiger partial charge >= 0.3 is 0 Å². The third kappa shape index (κ3) is 4.53. The van der Waals surface area contributed by atoms with Crippen LogP contribution in [0.4, 0.5) is 11.4 Å². The summed E-state index contributed by atoms with van der Waals surface area (Å²) < 4.78 is 1.65. The number of allylic oxidation sites excluding steroid dienone is 1. The molecule has 0 saturated carbocycles. The molecular formula is C23H16BrN3O2S. The molecule has 4 aromatic rings. The molecule has 0 aliphatic carbocycles. The van der Waals surface area contributed by atoms with E-state index in [1.54, 1.807) is 41.8 Å². The number of aromatic nitrogens is 1. The molecule has 0 aliphatic heterocycles. The molecule has 1 heterocycles. The molecule has 0 N–H and O–H groups in total. The molecule has 1 aromatic heterocycles. The number of nitrogens with zero attached hydrogens (tertiary/aromatic N) is 3. The summed E-state index contributed by atoms with van der Waals surface area (Å²) in [5.74, 6) is 0. The third-order valence-corrected chi connectivity index (χ3v) is 6.16. The topological polar surface area (TPSA) is 68.4 Å². The first-order valence-corrected chi connectivity index (χ1v) is 10.7. The number of rotatable bonds is 5. The van der Waals surface area contributed by atoms with Gasteiger partial charge in [-0.1, -0.05) is 18.2 Å². The van der Waals surface area contributed by atoms with Gasteiger partial charge in [-0.2, -0.15) is 0 Å². The van der Waals surface area contributed by atoms with Crippen LogP contribution < -0.4 is 0 Å². The van der Waals surface area contributed by atoms with Gasteiger partial charge in [-0.25, -0.2) is 4.98 Å². The Morgan fingerprint density at radius 1 is 1.10 bits per heavy atom. The monoisotopic (exact) mass is 477 g/mol. The van der Waals surface area contributed by atoms with E-state index in [-0.39, 0.29) is 5.69 Å². The van der Waals surface area contributed by atoms with Crippen molar-refractivity contribution in [2.45, 2.75) is 6.92 Å². The molecular weight excluding hydrogens is 462 g/mol. The van der Waals surface area contributed by atoms with E-state index in [1.165, 1.54) is 16.3 Å². The van der Waals surface area contributed by atoms with Gasteiger partial charge in [-0.3, -0.25) is 15.1 Å². The fourth-order valence-corrected chi connectivity index (χ4v) is 4.36. The Morgan fingerprint density at radius 3 is 2.67 bits per heavy atom. The maximum absolute atomic E-state index is 11.0. The number of aliphatic imine (C=N–C) groups is 1. The number of thiazole rings is 1. The maximum Gasteiger partial charge on any atom is 0.284 e. The van der Waals surface area contributed by atoms with E-state index in [4.69, 9.17) is 4.98 Å². The molecule has 3 aromatic carbocycles. The molecule has 148 valence electrons. The van der Waals surface area contributed by atoms with Gasteiger partial charge in [0.25, 0.3) is 5.69 Å². The molecule has 0 fully saturated rings. The van der Waals surface area contributed by atoms with E-state index < -0.39 is 4.92 Å². The van der Waals surface area contributed by atoms with E-state index in [1.807, 2.05) is 24.3 Å². The number of nitro benzene ring substituents is 1. The third-order valence-electron chi connectivity index (χ3n) is 4.42. The van der Waals surface area contributed by atoms with Crippen molar-refractivity contribution in [3.8, 4) is 10.6 Å². The summed E-state index contributed by atoms with van der Waals surface area (Å²) >= 11 is 4.86. The van der Waals surface area contributed by atoms with Crippen molar-refractivity contribution < 1.29 is 4.92 Å². The predicted octanol–water partition coefficient (Wildman–Crippen LogP) is 7.36. The molecule has 0 radical (unpaired) electrons. The van der Waals surface area contributed by atoms with Gasteiger partial charge in [0.05, 0.1) is 25.3 Å². The van der Waals surface area contributed by atoms with E-state index >= 15 is 0 Å². The number of aryl methyl sites for hydroxylation is 1. The number of hydrogen-bond acceptors (Lipinski definition) is 5. The van der Waals surface area contributed by atoms with Crippen molar-refractivity contribution in [3.05, 3.63) is 92.5 Å². The van der Waals surface area contributed by atoms with Crippen LogP contribution in [0.5, 0.6) is 0 Å². The second kappa shape index (κ2) is 8.69. The lowest BCUT2D eigenvalue weighted by Gasteiger charge is -1.97. The summed E-state index contributed by atoms with van der Waals surface area (Å²) in [5.41, 5.74) is 4.90. The lowest BCUT2D eigenvalue weighted by Crippen LogP contribution is -1.89. The largest absolute Gasteiger partial charge is 0.284 e. The Balaban J connectivity index is 1.46. The van der Waals surface area contributed by atoms with Gasteiger partial charge < -0.3 is 0 Å². The van der Waals surface area contributed by atoms with Crippen LogP contribution in [0, 0.1) is 17.0 Å². The second-order valence-corrected chi connectivity index (χ2v) is 8.53. The maximum atomic E-state index is 11.0. The zero-order valence-electron chi connectivity index (χ0n) is 15.9. The molecule has 0 unspecified atom stereocenters. The number of halogens is 1. The lowest BCUT2D eigenvalue weighted by atomic mass is 10.2. The Kier molecular flexibility index (Phi) is 5.83. The smallest absolute Gasteiger partial charge is 0.258 e. The quantitative estimate of drug-likeness (QED) is 0.171. The van der Waals surface area contributed by atoms with Gasteiger partial charge in [0.15, 0.2) is 0 Å². The van der Waals surface area contributed by atoms with Crippen molar-refractivity contribution in [1.82, 2.24) is 4.98 Å². The first-order chi connectivity index (χ1) is 14.5. The van der Waals surface area contributed by atoms with Gasteiger partial charge in [0, 0.05) is 17.8 Å². The van der Waals surface area contributed by atoms with Crippen LogP contribution in [0.3, 0.4) is 0 Å². The van der Waals surface area contributed by atoms with E-state index in [0.29, 0.717) is 4.47 Å². The molecule has 30 heavy (non-hydrogen) atoms. The van der Waals surface area contributed by atoms with E-state index in [0.717, 1.165) is 27.3 Å². The second-order valence-electron chi connectivity index (χ2n) is 6.64. The molecule has 0 aliphatic rings. The van der Waals surface area contributed by atoms with Crippen molar-refractivity contribution in [2.75, 3.05) is 0 Å². The minimum absolute atomic E-state index is 0.0367. The van der Waals surface area contributed by atoms with Gasteiger partial charge in [0.2, 0.25) is 0 Å². The minimum Gasteiger partial charge on any atom is -0.258 e. The van der Waals surface area contributed by atoms with Crippen LogP contribution >= 0.6 is 27.3 Å². The summed E-state index contributed by atoms with van der Waals surface area (Å²) in [7, 11) is 0. The zero-order chi connectivity index (χ0) is 21.1. The van der Waals surface area contributed by atoms with E-state index in [2.05, 4.69) is 46.0 Å². The molecule has 4 rings (SSSR count). The Labute approximate surface area is 185 Å². The Bertz CT molecular complexity index is 1290. The lowest BCUT2D eigenvalue weighted by molar-refractivity contribution is -0.385. The first-order valence-electron chi connectivity index (χ1n) is 9.12. The summed E-state index contributed by atoms with van der Waals surface area (Å²) in [5, 5.41) is 12.0. The van der Waals surface area contributed by atoms with Crippen LogP contribution in [0.2, 0.25) is 0 Å². The Morgan fingerprint density at radius 2 is 1.90 bits per heavy atom. The van der Waals surface area contributed by atoms with E-state index in [9.17, 15) is 10.1 Å². The normalized spacial score (nSPS) is 11.7. The number of fused-ring (bicyclic) bond motifs is 1. The molecule has 0 spiro atoms. The number of hydrogen-bond donors (Lipinski definition) is 0. The van der Waals surface area contributed by atoms with Gasteiger partial charge in [-0.15, -0.1) is 11.3 Å².